The maximum atomic E-state index is 14.2. The third-order valence-corrected chi connectivity index (χ3v) is 6.28. The molecule has 1 saturated heterocycles. The summed E-state index contributed by atoms with van der Waals surface area (Å²) in [5, 5.41) is 0.645. The molecular weight excluding hydrogens is 452 g/mol. The number of amides is 1. The SMILES string of the molecule is CC(=O)c1cn(CC(=O)N2C[C@H](F)C[C@H]2C(=O)CCc2cccc(Cl)c2F)c2cnccc12. The first-order valence-corrected chi connectivity index (χ1v) is 11.0. The van der Waals surface area contributed by atoms with Crippen molar-refractivity contribution in [2.24, 2.45) is 0 Å². The Morgan fingerprint density at radius 3 is 2.79 bits per heavy atom. The Kier molecular flexibility index (Phi) is 6.56. The minimum Gasteiger partial charge on any atom is -0.336 e. The molecule has 3 heterocycles. The Labute approximate surface area is 194 Å². The van der Waals surface area contributed by atoms with Gasteiger partial charge in [0.15, 0.2) is 11.6 Å². The summed E-state index contributed by atoms with van der Waals surface area (Å²) in [6, 6.07) is 5.34. The predicted octanol–water partition coefficient (Wildman–Crippen LogP) is 4.17. The molecule has 2 aromatic heterocycles. The first-order chi connectivity index (χ1) is 15.8. The molecule has 33 heavy (non-hydrogen) atoms. The number of benzene rings is 1. The zero-order valence-corrected chi connectivity index (χ0v) is 18.7. The van der Waals surface area contributed by atoms with E-state index in [4.69, 9.17) is 11.6 Å². The smallest absolute Gasteiger partial charge is 0.243 e. The summed E-state index contributed by atoms with van der Waals surface area (Å²) in [7, 11) is 0. The van der Waals surface area contributed by atoms with E-state index in [1.165, 1.54) is 17.9 Å². The van der Waals surface area contributed by atoms with Crippen molar-refractivity contribution in [3.05, 3.63) is 64.8 Å². The average molecular weight is 474 g/mol. The number of fused-ring (bicyclic) bond motifs is 1. The minimum atomic E-state index is -1.32. The van der Waals surface area contributed by atoms with Crippen molar-refractivity contribution in [2.75, 3.05) is 6.54 Å². The molecule has 172 valence electrons. The monoisotopic (exact) mass is 473 g/mol. The Morgan fingerprint density at radius 1 is 1.24 bits per heavy atom. The fourth-order valence-electron chi connectivity index (χ4n) is 4.32. The third-order valence-electron chi connectivity index (χ3n) is 5.98. The highest BCUT2D eigenvalue weighted by Gasteiger charge is 2.39. The minimum absolute atomic E-state index is 0.0280. The number of ketones is 2. The third kappa shape index (κ3) is 4.66. The Balaban J connectivity index is 1.50. The van der Waals surface area contributed by atoms with E-state index in [0.717, 1.165) is 0 Å². The number of likely N-dealkylation sites (tertiary alicyclic amines) is 1. The molecule has 1 aliphatic heterocycles. The summed E-state index contributed by atoms with van der Waals surface area (Å²) < 4.78 is 30.0. The Hall–Kier alpha value is -3.13. The quantitative estimate of drug-likeness (QED) is 0.483. The van der Waals surface area contributed by atoms with Crippen LogP contribution in [0.2, 0.25) is 5.02 Å². The van der Waals surface area contributed by atoms with E-state index in [9.17, 15) is 23.2 Å². The molecule has 0 N–H and O–H groups in total. The second-order valence-corrected chi connectivity index (χ2v) is 8.60. The van der Waals surface area contributed by atoms with Gasteiger partial charge in [-0.2, -0.15) is 0 Å². The van der Waals surface area contributed by atoms with E-state index < -0.39 is 23.9 Å². The molecule has 0 radical (unpaired) electrons. The molecule has 0 unspecified atom stereocenters. The number of aromatic nitrogens is 2. The topological polar surface area (TPSA) is 72.3 Å². The van der Waals surface area contributed by atoms with Gasteiger partial charge in [-0.15, -0.1) is 0 Å². The fraction of sp³-hybridized carbons (Fsp3) is 0.333. The first kappa shape index (κ1) is 23.0. The van der Waals surface area contributed by atoms with Crippen LogP contribution >= 0.6 is 11.6 Å². The highest BCUT2D eigenvalue weighted by atomic mass is 35.5. The molecule has 6 nitrogen and oxygen atoms in total. The number of carbonyl (C=O) groups excluding carboxylic acids is 3. The number of alkyl halides is 1. The predicted molar refractivity (Wildman–Crippen MR) is 119 cm³/mol. The Bertz CT molecular complexity index is 1240. The van der Waals surface area contributed by atoms with E-state index in [0.29, 0.717) is 22.0 Å². The van der Waals surface area contributed by atoms with Crippen molar-refractivity contribution in [1.82, 2.24) is 14.5 Å². The lowest BCUT2D eigenvalue weighted by molar-refractivity contribution is -0.138. The Morgan fingerprint density at radius 2 is 2.03 bits per heavy atom. The van der Waals surface area contributed by atoms with Gasteiger partial charge in [-0.3, -0.25) is 19.4 Å². The number of Topliss-reactive ketones (excluding diaryl/α,β-unsaturated/α-hetero) is 2. The number of hydrogen-bond acceptors (Lipinski definition) is 4. The molecule has 1 aliphatic rings. The van der Waals surface area contributed by atoms with Crippen LogP contribution in [-0.4, -0.2) is 50.7 Å². The maximum Gasteiger partial charge on any atom is 0.243 e. The summed E-state index contributed by atoms with van der Waals surface area (Å²) in [6.07, 6.45) is 3.36. The van der Waals surface area contributed by atoms with Crippen LogP contribution in [0, 0.1) is 5.82 Å². The number of nitrogens with zero attached hydrogens (tertiary/aromatic N) is 3. The molecule has 1 amide bonds. The van der Waals surface area contributed by atoms with E-state index in [1.807, 2.05) is 0 Å². The normalized spacial score (nSPS) is 18.1. The van der Waals surface area contributed by atoms with Crippen molar-refractivity contribution >= 4 is 40.0 Å². The van der Waals surface area contributed by atoms with E-state index in [-0.39, 0.29) is 48.9 Å². The zero-order chi connectivity index (χ0) is 23.7. The van der Waals surface area contributed by atoms with Gasteiger partial charge in [-0.1, -0.05) is 23.7 Å². The number of rotatable bonds is 7. The van der Waals surface area contributed by atoms with Gasteiger partial charge in [-0.05, 0) is 31.0 Å². The van der Waals surface area contributed by atoms with E-state index in [2.05, 4.69) is 4.98 Å². The van der Waals surface area contributed by atoms with Crippen molar-refractivity contribution in [3.8, 4) is 0 Å². The van der Waals surface area contributed by atoms with Crippen LogP contribution in [0.25, 0.3) is 10.9 Å². The molecule has 1 aromatic carbocycles. The summed E-state index contributed by atoms with van der Waals surface area (Å²) in [6.45, 7) is 1.10. The van der Waals surface area contributed by atoms with E-state index >= 15 is 0 Å². The van der Waals surface area contributed by atoms with Crippen LogP contribution < -0.4 is 0 Å². The van der Waals surface area contributed by atoms with Crippen LogP contribution in [0.3, 0.4) is 0 Å². The van der Waals surface area contributed by atoms with Crippen LogP contribution in [0.15, 0.2) is 42.9 Å². The molecule has 2 atom stereocenters. The molecule has 0 aliphatic carbocycles. The van der Waals surface area contributed by atoms with Gasteiger partial charge >= 0.3 is 0 Å². The lowest BCUT2D eigenvalue weighted by Crippen LogP contribution is -2.42. The fourth-order valence-corrected chi connectivity index (χ4v) is 4.51. The lowest BCUT2D eigenvalue weighted by atomic mass is 10.0. The highest BCUT2D eigenvalue weighted by Crippen LogP contribution is 2.26. The summed E-state index contributed by atoms with van der Waals surface area (Å²) in [5.74, 6) is -1.49. The average Bonchev–Trinajstić information content (AvgIpc) is 3.36. The number of carbonyl (C=O) groups is 3. The molecule has 4 rings (SSSR count). The number of pyridine rings is 1. The van der Waals surface area contributed by atoms with Gasteiger partial charge in [0, 0.05) is 36.2 Å². The molecule has 0 spiro atoms. The van der Waals surface area contributed by atoms with Gasteiger partial charge in [-0.25, -0.2) is 8.78 Å². The molecule has 0 saturated carbocycles. The van der Waals surface area contributed by atoms with Gasteiger partial charge < -0.3 is 9.47 Å². The number of halogens is 3. The summed E-state index contributed by atoms with van der Waals surface area (Å²) >= 11 is 5.79. The standard InChI is InChI=1S/C24H22ClF2N3O3/c1-14(31)18-12-29(21-10-28-8-7-17(18)21)13-23(33)30-11-16(26)9-20(30)22(32)6-5-15-3-2-4-19(25)24(15)27/h2-4,7-8,10,12,16,20H,5-6,9,11,13H2,1H3/t16-,20+/m1/s1. The molecule has 3 aromatic rings. The van der Waals surface area contributed by atoms with Crippen LogP contribution in [-0.2, 0) is 22.6 Å². The van der Waals surface area contributed by atoms with Gasteiger partial charge in [0.25, 0.3) is 0 Å². The second-order valence-electron chi connectivity index (χ2n) is 8.19. The largest absolute Gasteiger partial charge is 0.336 e. The summed E-state index contributed by atoms with van der Waals surface area (Å²) in [5.41, 5.74) is 1.36. The van der Waals surface area contributed by atoms with Crippen LogP contribution in [0.5, 0.6) is 0 Å². The van der Waals surface area contributed by atoms with Crippen molar-refractivity contribution < 1.29 is 23.2 Å². The number of aryl methyl sites for hydroxylation is 1. The molecular formula is C24H22ClF2N3O3. The zero-order valence-electron chi connectivity index (χ0n) is 17.9. The van der Waals surface area contributed by atoms with Crippen molar-refractivity contribution in [2.45, 2.75) is 44.9 Å². The van der Waals surface area contributed by atoms with Crippen molar-refractivity contribution in [3.63, 3.8) is 0 Å². The van der Waals surface area contributed by atoms with Gasteiger partial charge in [0.05, 0.1) is 29.3 Å². The lowest BCUT2D eigenvalue weighted by Gasteiger charge is -2.24. The van der Waals surface area contributed by atoms with Crippen molar-refractivity contribution in [1.29, 1.82) is 0 Å². The number of hydrogen-bond donors (Lipinski definition) is 0. The van der Waals surface area contributed by atoms with Crippen LogP contribution in [0.4, 0.5) is 8.78 Å². The van der Waals surface area contributed by atoms with Gasteiger partial charge in [0.1, 0.15) is 18.5 Å². The van der Waals surface area contributed by atoms with Gasteiger partial charge in [0.2, 0.25) is 5.91 Å². The first-order valence-electron chi connectivity index (χ1n) is 10.6. The van der Waals surface area contributed by atoms with E-state index in [1.54, 1.807) is 41.4 Å². The molecule has 0 bridgehead atoms. The summed E-state index contributed by atoms with van der Waals surface area (Å²) in [4.78, 5) is 43.2. The highest BCUT2D eigenvalue weighted by molar-refractivity contribution is 6.30. The maximum absolute atomic E-state index is 14.2. The second kappa shape index (κ2) is 9.39. The molecule has 9 heteroatoms. The molecule has 1 fully saturated rings. The van der Waals surface area contributed by atoms with Crippen LogP contribution in [0.1, 0.15) is 35.7 Å².